The second kappa shape index (κ2) is 6.31. The fourth-order valence-corrected chi connectivity index (χ4v) is 4.21. The number of pyridine rings is 1. The minimum absolute atomic E-state index is 0.221. The summed E-state index contributed by atoms with van der Waals surface area (Å²) < 4.78 is 2.58. The van der Waals surface area contributed by atoms with Gasteiger partial charge in [0.15, 0.2) is 11.7 Å². The van der Waals surface area contributed by atoms with Crippen LogP contribution in [-0.2, 0) is 12.0 Å². The summed E-state index contributed by atoms with van der Waals surface area (Å²) in [5.74, 6) is 0. The Labute approximate surface area is 140 Å². The van der Waals surface area contributed by atoms with Gasteiger partial charge in [0.2, 0.25) is 5.69 Å². The summed E-state index contributed by atoms with van der Waals surface area (Å²) in [5, 5.41) is 2.70. The van der Waals surface area contributed by atoms with Gasteiger partial charge in [0.05, 0.1) is 0 Å². The Morgan fingerprint density at radius 1 is 1.04 bits per heavy atom. The monoisotopic (exact) mass is 306 g/mol. The summed E-state index contributed by atoms with van der Waals surface area (Å²) in [4.78, 5) is 0. The first-order valence-electron chi connectivity index (χ1n) is 8.97. The van der Waals surface area contributed by atoms with E-state index >= 15 is 0 Å². The van der Waals surface area contributed by atoms with Crippen LogP contribution in [0.1, 0.15) is 52.5 Å². The maximum absolute atomic E-state index is 2.58. The van der Waals surface area contributed by atoms with Crippen LogP contribution in [0, 0.1) is 0 Å². The van der Waals surface area contributed by atoms with Gasteiger partial charge in [-0.05, 0) is 37.1 Å². The van der Waals surface area contributed by atoms with E-state index < -0.39 is 0 Å². The summed E-state index contributed by atoms with van der Waals surface area (Å²) in [5.41, 5.74) is 4.52. The van der Waals surface area contributed by atoms with E-state index in [4.69, 9.17) is 0 Å². The van der Waals surface area contributed by atoms with Gasteiger partial charge in [-0.1, -0.05) is 44.2 Å². The smallest absolute Gasteiger partial charge is 0.192 e. The van der Waals surface area contributed by atoms with Crippen molar-refractivity contribution in [3.8, 4) is 11.3 Å². The molecule has 120 valence electrons. The van der Waals surface area contributed by atoms with Gasteiger partial charge in [0.1, 0.15) is 0 Å². The Morgan fingerprint density at radius 2 is 1.78 bits per heavy atom. The van der Waals surface area contributed by atoms with Crippen molar-refractivity contribution in [2.75, 3.05) is 0 Å². The molecule has 23 heavy (non-hydrogen) atoms. The Bertz CT molecular complexity index is 826. The van der Waals surface area contributed by atoms with Crippen LogP contribution >= 0.6 is 0 Å². The lowest BCUT2D eigenvalue weighted by Crippen LogP contribution is -2.59. The molecule has 2 aromatic rings. The van der Waals surface area contributed by atoms with E-state index in [9.17, 15) is 0 Å². The number of hydrogen-bond acceptors (Lipinski definition) is 0. The van der Waals surface area contributed by atoms with Crippen molar-refractivity contribution in [1.82, 2.24) is 0 Å². The Hall–Kier alpha value is -1.89. The third kappa shape index (κ3) is 2.43. The van der Waals surface area contributed by atoms with Gasteiger partial charge >= 0.3 is 0 Å². The number of aryl methyl sites for hydroxylation is 1. The molecule has 1 aromatic heterocycles. The normalized spacial score (nSPS) is 17.6. The zero-order chi connectivity index (χ0) is 16.4. The molecule has 3 rings (SSSR count). The lowest BCUT2D eigenvalue weighted by molar-refractivity contribution is -0.757. The zero-order valence-electron chi connectivity index (χ0n) is 14.9. The fourth-order valence-electron chi connectivity index (χ4n) is 4.21. The summed E-state index contributed by atoms with van der Waals surface area (Å²) in [6.45, 7) is 8.97. The van der Waals surface area contributed by atoms with Crippen molar-refractivity contribution in [1.29, 1.82) is 0 Å². The van der Waals surface area contributed by atoms with Crippen LogP contribution in [0.3, 0.4) is 0 Å². The molecule has 1 aromatic carbocycles. The quantitative estimate of drug-likeness (QED) is 0.745. The first-order chi connectivity index (χ1) is 11.2. The number of nitrogens with zero attached hydrogens (tertiary/aromatic N) is 1. The molecule has 0 saturated heterocycles. The molecule has 1 aliphatic rings. The van der Waals surface area contributed by atoms with E-state index in [2.05, 4.69) is 80.9 Å². The van der Waals surface area contributed by atoms with Crippen molar-refractivity contribution in [3.63, 3.8) is 0 Å². The molecule has 0 atom stereocenters. The molecule has 0 spiro atoms. The maximum Gasteiger partial charge on any atom is 0.220 e. The molecule has 0 bridgehead atoms. The molecule has 0 aliphatic carbocycles. The topological polar surface area (TPSA) is 3.88 Å². The Kier molecular flexibility index (Phi) is 4.39. The molecular formula is C22H28N+. The minimum atomic E-state index is 0.221. The number of fused-ring (bicyclic) bond motifs is 3. The number of benzene rings is 1. The Morgan fingerprint density at radius 3 is 2.43 bits per heavy atom. The van der Waals surface area contributed by atoms with Crippen LogP contribution in [0.5, 0.6) is 0 Å². The lowest BCUT2D eigenvalue weighted by Gasteiger charge is -2.26. The van der Waals surface area contributed by atoms with Crippen LogP contribution in [0.15, 0.2) is 36.5 Å². The molecule has 1 aliphatic heterocycles. The molecule has 0 amide bonds. The highest BCUT2D eigenvalue weighted by atomic mass is 15.1. The second-order valence-electron chi connectivity index (χ2n) is 6.57. The van der Waals surface area contributed by atoms with E-state index in [1.807, 2.05) is 0 Å². The highest BCUT2D eigenvalue weighted by Gasteiger charge is 2.41. The van der Waals surface area contributed by atoms with Gasteiger partial charge < -0.3 is 0 Å². The van der Waals surface area contributed by atoms with Gasteiger partial charge in [-0.25, -0.2) is 0 Å². The van der Waals surface area contributed by atoms with Crippen molar-refractivity contribution in [2.24, 2.45) is 0 Å². The van der Waals surface area contributed by atoms with Crippen LogP contribution < -0.4 is 15.0 Å². The summed E-state index contributed by atoms with van der Waals surface area (Å²) in [7, 11) is 0. The van der Waals surface area contributed by atoms with E-state index in [1.165, 1.54) is 46.5 Å². The first-order valence-corrected chi connectivity index (χ1v) is 8.97. The van der Waals surface area contributed by atoms with E-state index in [0.29, 0.717) is 0 Å². The SMILES string of the molecule is CC=c1cc[n+]2c(c1=CC)-c1ccccc1CCC2(CC)CC. The summed E-state index contributed by atoms with van der Waals surface area (Å²) in [6, 6.07) is 11.2. The number of rotatable bonds is 2. The van der Waals surface area contributed by atoms with E-state index in [0.717, 1.165) is 6.42 Å². The van der Waals surface area contributed by atoms with Gasteiger partial charge in [0.25, 0.3) is 0 Å². The third-order valence-electron chi connectivity index (χ3n) is 5.77. The third-order valence-corrected chi connectivity index (χ3v) is 5.77. The van der Waals surface area contributed by atoms with Crippen molar-refractivity contribution >= 4 is 12.2 Å². The summed E-state index contributed by atoms with van der Waals surface area (Å²) >= 11 is 0. The molecule has 0 unspecified atom stereocenters. The first kappa shape index (κ1) is 16.0. The van der Waals surface area contributed by atoms with Gasteiger partial charge in [-0.2, -0.15) is 4.57 Å². The molecule has 0 fully saturated rings. The van der Waals surface area contributed by atoms with E-state index in [1.54, 1.807) is 0 Å². The predicted molar refractivity (Wildman–Crippen MR) is 98.5 cm³/mol. The van der Waals surface area contributed by atoms with Crippen LogP contribution in [0.4, 0.5) is 0 Å². The van der Waals surface area contributed by atoms with Gasteiger partial charge in [0, 0.05) is 36.1 Å². The average Bonchev–Trinajstić information content (AvgIpc) is 2.76. The predicted octanol–water partition coefficient (Wildman–Crippen LogP) is 3.70. The van der Waals surface area contributed by atoms with Crippen LogP contribution in [0.25, 0.3) is 23.4 Å². The summed E-state index contributed by atoms with van der Waals surface area (Å²) in [6.07, 6.45) is 11.6. The minimum Gasteiger partial charge on any atom is -0.192 e. The standard InChI is InChI=1S/C22H28N/c1-5-17-14-16-23-21(19(17)6-2)20-12-10-9-11-18(20)13-15-22(23,7-3)8-4/h5-6,9-12,14,16H,7-8,13,15H2,1-4H3/q+1. The number of hydrogen-bond donors (Lipinski definition) is 0. The van der Waals surface area contributed by atoms with Crippen LogP contribution in [-0.4, -0.2) is 0 Å². The maximum atomic E-state index is 2.58. The van der Waals surface area contributed by atoms with E-state index in [-0.39, 0.29) is 5.54 Å². The van der Waals surface area contributed by atoms with Crippen molar-refractivity contribution in [3.05, 3.63) is 52.5 Å². The highest BCUT2D eigenvalue weighted by Crippen LogP contribution is 2.32. The Balaban J connectivity index is 2.50. The molecule has 2 heterocycles. The second-order valence-corrected chi connectivity index (χ2v) is 6.57. The van der Waals surface area contributed by atoms with Crippen LogP contribution in [0.2, 0.25) is 0 Å². The van der Waals surface area contributed by atoms with Crippen molar-refractivity contribution < 1.29 is 4.57 Å². The molecule has 0 N–H and O–H groups in total. The zero-order valence-corrected chi connectivity index (χ0v) is 14.9. The average molecular weight is 306 g/mol. The lowest BCUT2D eigenvalue weighted by atomic mass is 9.86. The fraction of sp³-hybridized carbons (Fsp3) is 0.409. The molecule has 0 radical (unpaired) electrons. The van der Waals surface area contributed by atoms with Gasteiger partial charge in [-0.3, -0.25) is 0 Å². The largest absolute Gasteiger partial charge is 0.220 e. The van der Waals surface area contributed by atoms with Gasteiger partial charge in [-0.15, -0.1) is 0 Å². The number of aromatic nitrogens is 1. The molecule has 1 heteroatoms. The molecular weight excluding hydrogens is 278 g/mol. The molecule has 0 saturated carbocycles. The van der Waals surface area contributed by atoms with Crippen molar-refractivity contribution in [2.45, 2.75) is 58.9 Å². The highest BCUT2D eigenvalue weighted by molar-refractivity contribution is 5.63. The molecule has 1 nitrogen and oxygen atoms in total.